The van der Waals surface area contributed by atoms with Gasteiger partial charge < -0.3 is 5.73 Å². The molecule has 5 heteroatoms. The molecule has 0 spiro atoms. The molecular weight excluding hydrogens is 238 g/mol. The molecule has 1 aliphatic rings. The van der Waals surface area contributed by atoms with Gasteiger partial charge in [0.15, 0.2) is 0 Å². The summed E-state index contributed by atoms with van der Waals surface area (Å²) in [6.07, 6.45) is 3.69. The van der Waals surface area contributed by atoms with Gasteiger partial charge in [0, 0.05) is 17.3 Å². The Morgan fingerprint density at radius 1 is 1.44 bits per heavy atom. The summed E-state index contributed by atoms with van der Waals surface area (Å²) in [7, 11) is 0. The van der Waals surface area contributed by atoms with Crippen molar-refractivity contribution in [1.29, 1.82) is 0 Å². The van der Waals surface area contributed by atoms with Gasteiger partial charge in [-0.2, -0.15) is 0 Å². The number of nitrogens with two attached hydrogens (primary N) is 1. The standard InChI is InChI=1S/C11H13N3S2/c12-6-10-13-14-11(16-10)8-2-1-3-9-7(8)4-5-15-9/h4-5,8H,1-3,6,12H2. The molecule has 0 aromatic carbocycles. The van der Waals surface area contributed by atoms with Crippen molar-refractivity contribution in [3.05, 3.63) is 31.9 Å². The molecular formula is C11H13N3S2. The Balaban J connectivity index is 1.97. The molecule has 0 amide bonds. The molecule has 0 fully saturated rings. The highest BCUT2D eigenvalue weighted by atomic mass is 32.1. The van der Waals surface area contributed by atoms with Gasteiger partial charge >= 0.3 is 0 Å². The molecule has 0 saturated carbocycles. The average molecular weight is 251 g/mol. The first-order valence-electron chi connectivity index (χ1n) is 5.47. The van der Waals surface area contributed by atoms with Crippen molar-refractivity contribution in [2.24, 2.45) is 5.73 Å². The molecule has 3 rings (SSSR count). The van der Waals surface area contributed by atoms with E-state index in [-0.39, 0.29) is 0 Å². The molecule has 3 nitrogen and oxygen atoms in total. The van der Waals surface area contributed by atoms with Crippen molar-refractivity contribution in [2.75, 3.05) is 0 Å². The molecule has 1 atom stereocenters. The van der Waals surface area contributed by atoms with E-state index in [0.717, 1.165) is 10.0 Å². The van der Waals surface area contributed by atoms with Gasteiger partial charge in [0.2, 0.25) is 0 Å². The van der Waals surface area contributed by atoms with Crippen LogP contribution in [0.4, 0.5) is 0 Å². The lowest BCUT2D eigenvalue weighted by Crippen LogP contribution is -2.08. The van der Waals surface area contributed by atoms with Crippen molar-refractivity contribution in [3.63, 3.8) is 0 Å². The summed E-state index contributed by atoms with van der Waals surface area (Å²) < 4.78 is 0. The van der Waals surface area contributed by atoms with Crippen molar-refractivity contribution >= 4 is 22.7 Å². The Kier molecular flexibility index (Phi) is 2.75. The first-order chi connectivity index (χ1) is 7.88. The summed E-state index contributed by atoms with van der Waals surface area (Å²) >= 11 is 3.53. The van der Waals surface area contributed by atoms with Crippen LogP contribution in [0.15, 0.2) is 11.4 Å². The maximum absolute atomic E-state index is 5.58. The summed E-state index contributed by atoms with van der Waals surface area (Å²) in [5.74, 6) is 0.466. The van der Waals surface area contributed by atoms with Gasteiger partial charge in [-0.05, 0) is 36.3 Å². The highest BCUT2D eigenvalue weighted by molar-refractivity contribution is 7.11. The second-order valence-corrected chi connectivity index (χ2v) is 6.08. The van der Waals surface area contributed by atoms with Crippen LogP contribution >= 0.6 is 22.7 Å². The zero-order chi connectivity index (χ0) is 11.0. The van der Waals surface area contributed by atoms with Gasteiger partial charge in [0.05, 0.1) is 0 Å². The zero-order valence-electron chi connectivity index (χ0n) is 8.85. The fraction of sp³-hybridized carbons (Fsp3) is 0.455. The molecule has 2 heterocycles. The maximum atomic E-state index is 5.58. The maximum Gasteiger partial charge on any atom is 0.131 e. The molecule has 2 aromatic rings. The predicted molar refractivity (Wildman–Crippen MR) is 66.9 cm³/mol. The van der Waals surface area contributed by atoms with Crippen molar-refractivity contribution in [2.45, 2.75) is 31.7 Å². The van der Waals surface area contributed by atoms with Gasteiger partial charge in [0.1, 0.15) is 10.0 Å². The van der Waals surface area contributed by atoms with Crippen LogP contribution in [0.1, 0.15) is 39.2 Å². The van der Waals surface area contributed by atoms with Crippen molar-refractivity contribution in [1.82, 2.24) is 10.2 Å². The van der Waals surface area contributed by atoms with Crippen LogP contribution in [0, 0.1) is 0 Å². The number of aromatic nitrogens is 2. The largest absolute Gasteiger partial charge is 0.324 e. The summed E-state index contributed by atoms with van der Waals surface area (Å²) in [6, 6.07) is 2.24. The normalized spacial score (nSPS) is 19.7. The summed E-state index contributed by atoms with van der Waals surface area (Å²) in [5, 5.41) is 12.7. The molecule has 16 heavy (non-hydrogen) atoms. The zero-order valence-corrected chi connectivity index (χ0v) is 10.5. The van der Waals surface area contributed by atoms with Gasteiger partial charge in [0.25, 0.3) is 0 Å². The number of hydrogen-bond donors (Lipinski definition) is 1. The van der Waals surface area contributed by atoms with E-state index in [0.29, 0.717) is 12.5 Å². The van der Waals surface area contributed by atoms with E-state index in [2.05, 4.69) is 21.6 Å². The molecule has 1 unspecified atom stereocenters. The molecule has 84 valence electrons. The van der Waals surface area contributed by atoms with Gasteiger partial charge in [-0.15, -0.1) is 21.5 Å². The van der Waals surface area contributed by atoms with E-state index in [4.69, 9.17) is 5.73 Å². The van der Waals surface area contributed by atoms with Crippen LogP contribution < -0.4 is 5.73 Å². The second kappa shape index (κ2) is 4.24. The lowest BCUT2D eigenvalue weighted by molar-refractivity contribution is 0.617. The lowest BCUT2D eigenvalue weighted by atomic mass is 9.88. The van der Waals surface area contributed by atoms with Gasteiger partial charge in [-0.25, -0.2) is 0 Å². The summed E-state index contributed by atoms with van der Waals surface area (Å²) in [4.78, 5) is 1.53. The lowest BCUT2D eigenvalue weighted by Gasteiger charge is -2.19. The quantitative estimate of drug-likeness (QED) is 0.892. The topological polar surface area (TPSA) is 51.8 Å². The minimum atomic E-state index is 0.466. The summed E-state index contributed by atoms with van der Waals surface area (Å²) in [6.45, 7) is 0.501. The first kappa shape index (κ1) is 10.4. The minimum Gasteiger partial charge on any atom is -0.324 e. The van der Waals surface area contributed by atoms with Crippen molar-refractivity contribution < 1.29 is 0 Å². The minimum absolute atomic E-state index is 0.466. The third kappa shape index (κ3) is 1.69. The number of thiophene rings is 1. The highest BCUT2D eigenvalue weighted by Gasteiger charge is 2.25. The monoisotopic (exact) mass is 251 g/mol. The Bertz CT molecular complexity index is 489. The van der Waals surface area contributed by atoms with Crippen LogP contribution in [0.2, 0.25) is 0 Å². The predicted octanol–water partition coefficient (Wildman–Crippen LogP) is 2.53. The molecule has 0 bridgehead atoms. The Morgan fingerprint density at radius 3 is 3.19 bits per heavy atom. The number of rotatable bonds is 2. The number of nitrogens with zero attached hydrogens (tertiary/aromatic N) is 2. The van der Waals surface area contributed by atoms with E-state index < -0.39 is 0 Å². The van der Waals surface area contributed by atoms with Crippen LogP contribution in [-0.2, 0) is 13.0 Å². The smallest absolute Gasteiger partial charge is 0.131 e. The summed E-state index contributed by atoms with van der Waals surface area (Å²) in [5.41, 5.74) is 7.05. The van der Waals surface area contributed by atoms with Crippen LogP contribution in [0.5, 0.6) is 0 Å². The third-order valence-corrected chi connectivity index (χ3v) is 5.06. The van der Waals surface area contributed by atoms with E-state index in [1.54, 1.807) is 11.3 Å². The van der Waals surface area contributed by atoms with E-state index in [1.165, 1.54) is 29.7 Å². The van der Waals surface area contributed by atoms with Gasteiger partial charge in [-0.1, -0.05) is 11.3 Å². The number of aryl methyl sites for hydroxylation is 1. The van der Waals surface area contributed by atoms with Gasteiger partial charge in [-0.3, -0.25) is 0 Å². The van der Waals surface area contributed by atoms with Crippen LogP contribution in [0.25, 0.3) is 0 Å². The Labute approximate surface area is 102 Å². The highest BCUT2D eigenvalue weighted by Crippen LogP contribution is 2.39. The molecule has 2 N–H and O–H groups in total. The fourth-order valence-corrected chi connectivity index (χ4v) is 4.10. The number of hydrogen-bond acceptors (Lipinski definition) is 5. The second-order valence-electron chi connectivity index (χ2n) is 3.98. The fourth-order valence-electron chi connectivity index (χ4n) is 2.23. The van der Waals surface area contributed by atoms with E-state index >= 15 is 0 Å². The molecule has 0 aliphatic heterocycles. The molecule has 0 saturated heterocycles. The molecule has 2 aromatic heterocycles. The van der Waals surface area contributed by atoms with Crippen LogP contribution in [-0.4, -0.2) is 10.2 Å². The molecule has 0 radical (unpaired) electrons. The third-order valence-electron chi connectivity index (χ3n) is 3.01. The van der Waals surface area contributed by atoms with Crippen molar-refractivity contribution in [3.8, 4) is 0 Å². The van der Waals surface area contributed by atoms with Crippen LogP contribution in [0.3, 0.4) is 0 Å². The van der Waals surface area contributed by atoms with E-state index in [1.807, 2.05) is 11.3 Å². The molecule has 1 aliphatic carbocycles. The van der Waals surface area contributed by atoms with E-state index in [9.17, 15) is 0 Å². The Morgan fingerprint density at radius 2 is 2.38 bits per heavy atom. The first-order valence-corrected chi connectivity index (χ1v) is 7.16. The SMILES string of the molecule is NCc1nnc(C2CCCc3sccc32)s1. The average Bonchev–Trinajstić information content (AvgIpc) is 2.97. The number of fused-ring (bicyclic) bond motifs is 1. The Hall–Kier alpha value is -0.780.